The van der Waals surface area contributed by atoms with Crippen molar-refractivity contribution in [3.8, 4) is 11.5 Å². The van der Waals surface area contributed by atoms with Crippen LogP contribution >= 0.6 is 0 Å². The summed E-state index contributed by atoms with van der Waals surface area (Å²) in [7, 11) is 2.67. The normalized spacial score (nSPS) is 12.0. The Morgan fingerprint density at radius 3 is 2.07 bits per heavy atom. The maximum absolute atomic E-state index is 12.1. The lowest BCUT2D eigenvalue weighted by atomic mass is 10.1. The molecule has 7 nitrogen and oxygen atoms in total. The van der Waals surface area contributed by atoms with Gasteiger partial charge in [-0.15, -0.1) is 5.11 Å². The molecule has 3 aromatic carbocycles. The van der Waals surface area contributed by atoms with Crippen LogP contribution in [0.4, 0.5) is 11.4 Å². The van der Waals surface area contributed by atoms with Crippen LogP contribution in [0.15, 0.2) is 69.7 Å². The second-order valence-electron chi connectivity index (χ2n) is 6.16. The highest BCUT2D eigenvalue weighted by Gasteiger charge is 2.16. The molecule has 0 heterocycles. The van der Waals surface area contributed by atoms with Crippen LogP contribution in [0.5, 0.6) is 11.5 Å². The van der Waals surface area contributed by atoms with E-state index in [0.717, 1.165) is 10.8 Å². The van der Waals surface area contributed by atoms with Gasteiger partial charge in [-0.3, -0.25) is 0 Å². The van der Waals surface area contributed by atoms with Crippen molar-refractivity contribution in [1.29, 1.82) is 0 Å². The van der Waals surface area contributed by atoms with E-state index in [9.17, 15) is 8.42 Å². The Hall–Kier alpha value is -2.97. The molecule has 0 saturated carbocycles. The van der Waals surface area contributed by atoms with Crippen LogP contribution in [0.3, 0.4) is 0 Å². The minimum absolute atomic E-state index is 0.202. The van der Waals surface area contributed by atoms with E-state index >= 15 is 0 Å². The van der Waals surface area contributed by atoms with Crippen LogP contribution in [0.2, 0.25) is 0 Å². The molecular weight excluding hydrogens is 378 g/mol. The van der Waals surface area contributed by atoms with Gasteiger partial charge < -0.3 is 9.47 Å². The minimum atomic E-state index is -3.48. The van der Waals surface area contributed by atoms with Crippen LogP contribution in [0, 0.1) is 0 Å². The number of sulfonamides is 1. The maximum Gasteiger partial charge on any atom is 0.242 e. The molecule has 3 rings (SSSR count). The molecule has 0 atom stereocenters. The second kappa shape index (κ2) is 7.95. The SMILES string of the molecule is COc1cc(N=Nc2ccc(S(=O)(=O)N(C)C)cc2)c2ccccc2c1OC. The van der Waals surface area contributed by atoms with E-state index in [4.69, 9.17) is 9.47 Å². The average molecular weight is 399 g/mol. The molecular formula is C20H21N3O4S. The van der Waals surface area contributed by atoms with Gasteiger partial charge in [-0.2, -0.15) is 5.11 Å². The van der Waals surface area contributed by atoms with Crippen molar-refractivity contribution in [3.63, 3.8) is 0 Å². The molecule has 0 amide bonds. The fraction of sp³-hybridized carbons (Fsp3) is 0.200. The fourth-order valence-electron chi connectivity index (χ4n) is 2.76. The first-order valence-corrected chi connectivity index (χ1v) is 9.90. The van der Waals surface area contributed by atoms with Gasteiger partial charge in [0.05, 0.1) is 30.5 Å². The Labute approximate surface area is 164 Å². The van der Waals surface area contributed by atoms with Gasteiger partial charge in [0.15, 0.2) is 11.5 Å². The molecule has 0 aliphatic rings. The van der Waals surface area contributed by atoms with Crippen molar-refractivity contribution in [1.82, 2.24) is 4.31 Å². The zero-order valence-corrected chi connectivity index (χ0v) is 16.9. The lowest BCUT2D eigenvalue weighted by molar-refractivity contribution is 0.358. The first-order chi connectivity index (χ1) is 13.4. The molecule has 0 aliphatic carbocycles. The van der Waals surface area contributed by atoms with Crippen molar-refractivity contribution >= 4 is 32.2 Å². The fourth-order valence-corrected chi connectivity index (χ4v) is 3.66. The van der Waals surface area contributed by atoms with Crippen LogP contribution < -0.4 is 9.47 Å². The summed E-state index contributed by atoms with van der Waals surface area (Å²) in [6, 6.07) is 15.7. The molecule has 8 heteroatoms. The molecule has 146 valence electrons. The number of hydrogen-bond acceptors (Lipinski definition) is 6. The summed E-state index contributed by atoms with van der Waals surface area (Å²) in [6.07, 6.45) is 0. The van der Waals surface area contributed by atoms with Gasteiger partial charge in [0.25, 0.3) is 0 Å². The topological polar surface area (TPSA) is 80.6 Å². The summed E-state index contributed by atoms with van der Waals surface area (Å²) in [4.78, 5) is 0.202. The molecule has 0 radical (unpaired) electrons. The lowest BCUT2D eigenvalue weighted by Gasteiger charge is -2.12. The van der Waals surface area contributed by atoms with E-state index in [1.54, 1.807) is 32.4 Å². The van der Waals surface area contributed by atoms with E-state index < -0.39 is 10.0 Å². The Morgan fingerprint density at radius 2 is 1.50 bits per heavy atom. The van der Waals surface area contributed by atoms with Crippen LogP contribution in [0.1, 0.15) is 0 Å². The van der Waals surface area contributed by atoms with E-state index in [1.165, 1.54) is 30.5 Å². The number of hydrogen-bond donors (Lipinski definition) is 0. The smallest absolute Gasteiger partial charge is 0.242 e. The van der Waals surface area contributed by atoms with E-state index in [-0.39, 0.29) is 4.90 Å². The third kappa shape index (κ3) is 3.69. The maximum atomic E-state index is 12.1. The number of azo groups is 1. The molecule has 0 unspecified atom stereocenters. The summed E-state index contributed by atoms with van der Waals surface area (Å²) in [5.41, 5.74) is 1.16. The van der Waals surface area contributed by atoms with Crippen molar-refractivity contribution in [2.24, 2.45) is 10.2 Å². The third-order valence-electron chi connectivity index (χ3n) is 4.25. The minimum Gasteiger partial charge on any atom is -0.493 e. The summed E-state index contributed by atoms with van der Waals surface area (Å²) in [5, 5.41) is 10.3. The highest BCUT2D eigenvalue weighted by Crippen LogP contribution is 2.41. The van der Waals surface area contributed by atoms with E-state index in [1.807, 2.05) is 24.3 Å². The summed E-state index contributed by atoms with van der Waals surface area (Å²) in [6.45, 7) is 0. The van der Waals surface area contributed by atoms with Crippen molar-refractivity contribution in [3.05, 3.63) is 54.6 Å². The van der Waals surface area contributed by atoms with Gasteiger partial charge in [0.1, 0.15) is 0 Å². The first-order valence-electron chi connectivity index (χ1n) is 8.46. The van der Waals surface area contributed by atoms with Gasteiger partial charge >= 0.3 is 0 Å². The van der Waals surface area contributed by atoms with Gasteiger partial charge in [-0.1, -0.05) is 24.3 Å². The van der Waals surface area contributed by atoms with Crippen molar-refractivity contribution in [2.45, 2.75) is 4.90 Å². The molecule has 0 bridgehead atoms. The molecule has 28 heavy (non-hydrogen) atoms. The zero-order chi connectivity index (χ0) is 20.3. The Kier molecular flexibility index (Phi) is 5.62. The molecule has 0 N–H and O–H groups in total. The highest BCUT2D eigenvalue weighted by molar-refractivity contribution is 7.89. The Bertz CT molecular complexity index is 1120. The van der Waals surface area contributed by atoms with Gasteiger partial charge in [0.2, 0.25) is 10.0 Å². The van der Waals surface area contributed by atoms with Crippen LogP contribution in [0.25, 0.3) is 10.8 Å². The van der Waals surface area contributed by atoms with E-state index in [2.05, 4.69) is 10.2 Å². The largest absolute Gasteiger partial charge is 0.493 e. The predicted molar refractivity (Wildman–Crippen MR) is 109 cm³/mol. The summed E-state index contributed by atoms with van der Waals surface area (Å²) in [5.74, 6) is 1.19. The van der Waals surface area contributed by atoms with Crippen LogP contribution in [-0.4, -0.2) is 41.0 Å². The summed E-state index contributed by atoms with van der Waals surface area (Å²) >= 11 is 0. The zero-order valence-electron chi connectivity index (χ0n) is 16.1. The first kappa shape index (κ1) is 19.8. The monoisotopic (exact) mass is 399 g/mol. The molecule has 0 aromatic heterocycles. The van der Waals surface area contributed by atoms with Crippen molar-refractivity contribution in [2.75, 3.05) is 28.3 Å². The van der Waals surface area contributed by atoms with E-state index in [0.29, 0.717) is 22.9 Å². The molecule has 0 spiro atoms. The number of methoxy groups -OCH3 is 2. The second-order valence-corrected chi connectivity index (χ2v) is 8.31. The van der Waals surface area contributed by atoms with Gasteiger partial charge in [-0.05, 0) is 24.3 Å². The standard InChI is InChI=1S/C20H21N3O4S/c1-23(2)28(24,25)15-11-9-14(10-12-15)21-22-18-13-19(26-3)20(27-4)17-8-6-5-7-16(17)18/h5-13H,1-4H3. The van der Waals surface area contributed by atoms with Crippen molar-refractivity contribution < 1.29 is 17.9 Å². The Morgan fingerprint density at radius 1 is 0.857 bits per heavy atom. The van der Waals surface area contributed by atoms with Gasteiger partial charge in [0, 0.05) is 30.9 Å². The summed E-state index contributed by atoms with van der Waals surface area (Å²) < 4.78 is 36.3. The number of fused-ring (bicyclic) bond motifs is 1. The number of ether oxygens (including phenoxy) is 2. The third-order valence-corrected chi connectivity index (χ3v) is 6.08. The molecule has 3 aromatic rings. The molecule has 0 saturated heterocycles. The number of rotatable bonds is 6. The van der Waals surface area contributed by atoms with Crippen LogP contribution in [-0.2, 0) is 10.0 Å². The molecule has 0 aliphatic heterocycles. The average Bonchev–Trinajstić information content (AvgIpc) is 2.71. The quantitative estimate of drug-likeness (QED) is 0.571. The van der Waals surface area contributed by atoms with Gasteiger partial charge in [-0.25, -0.2) is 12.7 Å². The highest BCUT2D eigenvalue weighted by atomic mass is 32.2. The number of nitrogens with zero attached hydrogens (tertiary/aromatic N) is 3. The number of benzene rings is 3. The molecule has 0 fully saturated rings. The Balaban J connectivity index is 2.00. The lowest BCUT2D eigenvalue weighted by Crippen LogP contribution is -2.21. The predicted octanol–water partition coefficient (Wildman–Crippen LogP) is 4.52.